The smallest absolute Gasteiger partial charge is 0.329 e. The van der Waals surface area contributed by atoms with E-state index in [1.165, 1.54) is 12.7 Å². The predicted molar refractivity (Wildman–Crippen MR) is 73.8 cm³/mol. The molecule has 1 heterocycles. The Bertz CT molecular complexity index is 494. The molecular formula is C14H19N3O3. The molecule has 1 aliphatic carbocycles. The van der Waals surface area contributed by atoms with Crippen molar-refractivity contribution < 1.29 is 14.0 Å². The molecule has 20 heavy (non-hydrogen) atoms. The Balaban J connectivity index is 1.76. The molecular weight excluding hydrogens is 258 g/mol. The number of furan rings is 1. The SMILES string of the molecule is C[C@H]1CCC/C(=N\NC(=O)C(=O)NCc2ccco2)C1. The number of nitrogens with zero attached hydrogens (tertiary/aromatic N) is 1. The molecule has 6 heteroatoms. The summed E-state index contributed by atoms with van der Waals surface area (Å²) < 4.78 is 5.06. The molecule has 1 fully saturated rings. The van der Waals surface area contributed by atoms with Crippen LogP contribution in [0.15, 0.2) is 27.9 Å². The molecule has 0 radical (unpaired) electrons. The maximum atomic E-state index is 11.6. The summed E-state index contributed by atoms with van der Waals surface area (Å²) in [6.45, 7) is 2.35. The predicted octanol–water partition coefficient (Wildman–Crippen LogP) is 1.58. The minimum Gasteiger partial charge on any atom is -0.467 e. The van der Waals surface area contributed by atoms with Gasteiger partial charge in [0.05, 0.1) is 12.8 Å². The first-order valence-electron chi connectivity index (χ1n) is 6.81. The van der Waals surface area contributed by atoms with Crippen LogP contribution in [-0.4, -0.2) is 17.5 Å². The number of amides is 2. The Morgan fingerprint density at radius 2 is 2.30 bits per heavy atom. The van der Waals surface area contributed by atoms with Crippen molar-refractivity contribution in [3.8, 4) is 0 Å². The zero-order valence-electron chi connectivity index (χ0n) is 11.5. The monoisotopic (exact) mass is 277 g/mol. The third-order valence-corrected chi connectivity index (χ3v) is 3.27. The summed E-state index contributed by atoms with van der Waals surface area (Å²) >= 11 is 0. The average molecular weight is 277 g/mol. The molecule has 0 aromatic carbocycles. The molecule has 0 aliphatic heterocycles. The van der Waals surface area contributed by atoms with Crippen LogP contribution in [0.3, 0.4) is 0 Å². The molecule has 0 saturated heterocycles. The van der Waals surface area contributed by atoms with Crippen LogP contribution < -0.4 is 10.7 Å². The van der Waals surface area contributed by atoms with Crippen LogP contribution in [0.1, 0.15) is 38.4 Å². The molecule has 1 aromatic heterocycles. The van der Waals surface area contributed by atoms with E-state index in [9.17, 15) is 9.59 Å². The van der Waals surface area contributed by atoms with Gasteiger partial charge in [0, 0.05) is 5.71 Å². The number of hydrogen-bond acceptors (Lipinski definition) is 4. The van der Waals surface area contributed by atoms with Crippen LogP contribution in [0.25, 0.3) is 0 Å². The Kier molecular flexibility index (Phi) is 4.92. The maximum absolute atomic E-state index is 11.6. The van der Waals surface area contributed by atoms with Gasteiger partial charge >= 0.3 is 11.8 Å². The molecule has 1 aliphatic rings. The molecule has 2 N–H and O–H groups in total. The molecule has 1 aromatic rings. The fourth-order valence-corrected chi connectivity index (χ4v) is 2.20. The molecule has 0 spiro atoms. The Morgan fingerprint density at radius 1 is 1.45 bits per heavy atom. The van der Waals surface area contributed by atoms with Gasteiger partial charge in [0.15, 0.2) is 0 Å². The molecule has 2 amide bonds. The van der Waals surface area contributed by atoms with Crippen molar-refractivity contribution in [1.29, 1.82) is 0 Å². The standard InChI is InChI=1S/C14H19N3O3/c1-10-4-2-5-11(8-10)16-17-14(19)13(18)15-9-12-6-3-7-20-12/h3,6-7,10H,2,4-5,8-9H2,1H3,(H,15,18)(H,17,19)/b16-11+/t10-/m0/s1. The fraction of sp³-hybridized carbons (Fsp3) is 0.500. The van der Waals surface area contributed by atoms with Crippen LogP contribution in [0.2, 0.25) is 0 Å². The molecule has 2 rings (SSSR count). The highest BCUT2D eigenvalue weighted by Gasteiger charge is 2.16. The number of nitrogens with one attached hydrogen (secondary N) is 2. The number of carbonyl (C=O) groups excluding carboxylic acids is 2. The lowest BCUT2D eigenvalue weighted by Gasteiger charge is -2.18. The van der Waals surface area contributed by atoms with E-state index in [1.54, 1.807) is 12.1 Å². The largest absolute Gasteiger partial charge is 0.467 e. The highest BCUT2D eigenvalue weighted by Crippen LogP contribution is 2.20. The van der Waals surface area contributed by atoms with E-state index < -0.39 is 11.8 Å². The van der Waals surface area contributed by atoms with E-state index >= 15 is 0 Å². The van der Waals surface area contributed by atoms with Gasteiger partial charge < -0.3 is 9.73 Å². The van der Waals surface area contributed by atoms with Crippen molar-refractivity contribution in [2.75, 3.05) is 0 Å². The van der Waals surface area contributed by atoms with E-state index in [1.807, 2.05) is 0 Å². The highest BCUT2D eigenvalue weighted by molar-refractivity contribution is 6.35. The average Bonchev–Trinajstić information content (AvgIpc) is 2.95. The zero-order chi connectivity index (χ0) is 14.4. The van der Waals surface area contributed by atoms with Crippen molar-refractivity contribution in [2.45, 2.75) is 39.2 Å². The first kappa shape index (κ1) is 14.3. The molecule has 108 valence electrons. The zero-order valence-corrected chi connectivity index (χ0v) is 11.5. The lowest BCUT2D eigenvalue weighted by Crippen LogP contribution is -2.37. The fourth-order valence-electron chi connectivity index (χ4n) is 2.20. The summed E-state index contributed by atoms with van der Waals surface area (Å²) in [5, 5.41) is 6.50. The van der Waals surface area contributed by atoms with Crippen LogP contribution in [0.5, 0.6) is 0 Å². The van der Waals surface area contributed by atoms with E-state index in [0.29, 0.717) is 11.7 Å². The second-order valence-electron chi connectivity index (χ2n) is 5.08. The van der Waals surface area contributed by atoms with Crippen molar-refractivity contribution >= 4 is 17.5 Å². The number of carbonyl (C=O) groups is 2. The Morgan fingerprint density at radius 3 is 3.00 bits per heavy atom. The van der Waals surface area contributed by atoms with Gasteiger partial charge in [-0.3, -0.25) is 9.59 Å². The van der Waals surface area contributed by atoms with Gasteiger partial charge in [-0.15, -0.1) is 0 Å². The summed E-state index contributed by atoms with van der Waals surface area (Å²) in [6.07, 6.45) is 5.56. The summed E-state index contributed by atoms with van der Waals surface area (Å²) in [7, 11) is 0. The molecule has 0 unspecified atom stereocenters. The molecule has 1 atom stereocenters. The third kappa shape index (κ3) is 4.22. The van der Waals surface area contributed by atoms with Gasteiger partial charge in [-0.2, -0.15) is 5.10 Å². The summed E-state index contributed by atoms with van der Waals surface area (Å²) in [6, 6.07) is 3.44. The highest BCUT2D eigenvalue weighted by atomic mass is 16.3. The van der Waals surface area contributed by atoms with Crippen molar-refractivity contribution in [1.82, 2.24) is 10.7 Å². The van der Waals surface area contributed by atoms with E-state index in [4.69, 9.17) is 4.42 Å². The van der Waals surface area contributed by atoms with E-state index in [0.717, 1.165) is 25.0 Å². The van der Waals surface area contributed by atoms with Crippen molar-refractivity contribution in [3.63, 3.8) is 0 Å². The first-order valence-corrected chi connectivity index (χ1v) is 6.81. The van der Waals surface area contributed by atoms with Gasteiger partial charge in [-0.05, 0) is 43.7 Å². The second kappa shape index (κ2) is 6.88. The number of hydrogen-bond donors (Lipinski definition) is 2. The summed E-state index contributed by atoms with van der Waals surface area (Å²) in [5.41, 5.74) is 3.26. The third-order valence-electron chi connectivity index (χ3n) is 3.27. The number of hydrazone groups is 1. The van der Waals surface area contributed by atoms with Crippen LogP contribution in [0.4, 0.5) is 0 Å². The summed E-state index contributed by atoms with van der Waals surface area (Å²) in [4.78, 5) is 23.1. The van der Waals surface area contributed by atoms with E-state index in [-0.39, 0.29) is 6.54 Å². The lowest BCUT2D eigenvalue weighted by molar-refractivity contribution is -0.139. The van der Waals surface area contributed by atoms with Crippen molar-refractivity contribution in [2.24, 2.45) is 11.0 Å². The minimum absolute atomic E-state index is 0.187. The normalized spacial score (nSPS) is 20.6. The van der Waals surface area contributed by atoms with Crippen LogP contribution in [0, 0.1) is 5.92 Å². The topological polar surface area (TPSA) is 83.7 Å². The lowest BCUT2D eigenvalue weighted by atomic mass is 9.89. The molecule has 1 saturated carbocycles. The van der Waals surface area contributed by atoms with Crippen LogP contribution in [-0.2, 0) is 16.1 Å². The Labute approximate surface area is 117 Å². The second-order valence-corrected chi connectivity index (χ2v) is 5.08. The Hall–Kier alpha value is -2.11. The van der Waals surface area contributed by atoms with Gasteiger partial charge in [0.1, 0.15) is 5.76 Å². The minimum atomic E-state index is -0.748. The van der Waals surface area contributed by atoms with Gasteiger partial charge in [-0.1, -0.05) is 6.92 Å². The van der Waals surface area contributed by atoms with Gasteiger partial charge in [0.25, 0.3) is 0 Å². The molecule has 0 bridgehead atoms. The maximum Gasteiger partial charge on any atom is 0.329 e. The first-order chi connectivity index (χ1) is 9.65. The van der Waals surface area contributed by atoms with Gasteiger partial charge in [0.2, 0.25) is 0 Å². The quantitative estimate of drug-likeness (QED) is 0.650. The van der Waals surface area contributed by atoms with Crippen LogP contribution >= 0.6 is 0 Å². The van der Waals surface area contributed by atoms with E-state index in [2.05, 4.69) is 22.8 Å². The van der Waals surface area contributed by atoms with Crippen molar-refractivity contribution in [3.05, 3.63) is 24.2 Å². The number of rotatable bonds is 3. The van der Waals surface area contributed by atoms with Gasteiger partial charge in [-0.25, -0.2) is 5.43 Å². The molecule has 6 nitrogen and oxygen atoms in total. The summed E-state index contributed by atoms with van der Waals surface area (Å²) in [5.74, 6) is -0.275.